The fourth-order valence-corrected chi connectivity index (χ4v) is 4.81. The van der Waals surface area contributed by atoms with Crippen molar-refractivity contribution in [3.63, 3.8) is 0 Å². The van der Waals surface area contributed by atoms with E-state index in [9.17, 15) is 33.4 Å². The van der Waals surface area contributed by atoms with Crippen LogP contribution in [0.5, 0.6) is 11.5 Å². The summed E-state index contributed by atoms with van der Waals surface area (Å²) < 4.78 is 36.1. The normalized spacial score (nSPS) is 11.3. The molecule has 13 heteroatoms. The second-order valence-electron chi connectivity index (χ2n) is 7.55. The van der Waals surface area contributed by atoms with Gasteiger partial charge in [-0.1, -0.05) is 12.1 Å². The largest absolute Gasteiger partial charge is 0.493 e. The lowest BCUT2D eigenvalue weighted by Gasteiger charge is -2.14. The maximum absolute atomic E-state index is 12.8. The molecule has 194 valence electrons. The van der Waals surface area contributed by atoms with E-state index < -0.39 is 20.9 Å². The number of methoxy groups -OCH3 is 1. The van der Waals surface area contributed by atoms with Gasteiger partial charge in [-0.25, -0.2) is 0 Å². The Hall–Kier alpha value is -4.54. The minimum atomic E-state index is -4.40. The van der Waals surface area contributed by atoms with E-state index in [1.54, 1.807) is 24.3 Å². The predicted octanol–water partition coefficient (Wildman–Crippen LogP) is 4.88. The van der Waals surface area contributed by atoms with Crippen LogP contribution in [0.1, 0.15) is 22.8 Å². The number of nitriles is 1. The first kappa shape index (κ1) is 28.0. The summed E-state index contributed by atoms with van der Waals surface area (Å²) in [5.74, 6) is -1.30. The molecule has 0 heterocycles. The zero-order valence-corrected chi connectivity index (χ0v) is 22.2. The Kier molecular flexibility index (Phi) is 8.61. The van der Waals surface area contributed by atoms with Crippen LogP contribution < -0.4 is 14.2 Å². The fraction of sp³-hybridized carbons (Fsp3) is 0.0800. The average molecular weight is 600 g/mol. The van der Waals surface area contributed by atoms with Crippen molar-refractivity contribution in [3.8, 4) is 17.6 Å². The van der Waals surface area contributed by atoms with Crippen LogP contribution >= 0.6 is 15.9 Å². The molecule has 3 aromatic rings. The molecule has 0 bridgehead atoms. The average Bonchev–Trinajstić information content (AvgIpc) is 2.88. The van der Waals surface area contributed by atoms with Crippen LogP contribution in [0, 0.1) is 21.4 Å². The number of non-ortho nitro benzene ring substituents is 1. The van der Waals surface area contributed by atoms with Gasteiger partial charge < -0.3 is 14.2 Å². The van der Waals surface area contributed by atoms with Crippen LogP contribution in [-0.2, 0) is 14.9 Å². The molecule has 0 aromatic heterocycles. The molecule has 1 amide bonds. The Labute approximate surface area is 225 Å². The van der Waals surface area contributed by atoms with Crippen LogP contribution in [0.25, 0.3) is 6.08 Å². The van der Waals surface area contributed by atoms with Crippen LogP contribution in [-0.4, -0.2) is 32.1 Å². The number of hydrogen-bond acceptors (Lipinski definition) is 9. The van der Waals surface area contributed by atoms with Gasteiger partial charge in [-0.15, -0.1) is 0 Å². The molecular formula is C25H18BrN3O8S. The van der Waals surface area contributed by atoms with Crippen molar-refractivity contribution in [1.29, 1.82) is 5.26 Å². The molecule has 0 saturated carbocycles. The quantitative estimate of drug-likeness (QED) is 0.0899. The third-order valence-electron chi connectivity index (χ3n) is 5.01. The molecule has 0 radical (unpaired) electrons. The van der Waals surface area contributed by atoms with Gasteiger partial charge in [-0.05, 0) is 70.9 Å². The van der Waals surface area contributed by atoms with Crippen molar-refractivity contribution in [2.24, 2.45) is 0 Å². The van der Waals surface area contributed by atoms with Crippen molar-refractivity contribution >= 4 is 55.2 Å². The van der Waals surface area contributed by atoms with Crippen molar-refractivity contribution in [2.45, 2.75) is 11.8 Å². The molecule has 0 atom stereocenters. The zero-order chi connectivity index (χ0) is 28.0. The van der Waals surface area contributed by atoms with Gasteiger partial charge in [-0.3, -0.25) is 19.7 Å². The lowest BCUT2D eigenvalue weighted by molar-refractivity contribution is -0.384. The Bertz CT molecular complexity index is 1610. The highest BCUT2D eigenvalue weighted by Crippen LogP contribution is 2.39. The topological polar surface area (TPSA) is 166 Å². The number of halogens is 1. The SMILES string of the molecule is COc1cc(/C=C(/C#N)C(=O)Nc2ccccc2C(C)=O)cc(Br)c1OS(=O)(=O)c1ccc([N+](=O)[O-])cc1. The number of nitro benzene ring substituents is 1. The molecule has 0 spiro atoms. The van der Waals surface area contributed by atoms with Gasteiger partial charge in [0.05, 0.1) is 22.2 Å². The molecule has 0 aliphatic heterocycles. The molecule has 38 heavy (non-hydrogen) atoms. The van der Waals surface area contributed by atoms with E-state index in [0.717, 1.165) is 24.3 Å². The predicted molar refractivity (Wildman–Crippen MR) is 140 cm³/mol. The lowest BCUT2D eigenvalue weighted by atomic mass is 10.1. The number of ether oxygens (including phenoxy) is 1. The van der Waals surface area contributed by atoms with E-state index in [-0.39, 0.29) is 49.2 Å². The Balaban J connectivity index is 1.92. The molecular weight excluding hydrogens is 582 g/mol. The number of carbonyl (C=O) groups is 2. The van der Waals surface area contributed by atoms with E-state index in [1.165, 1.54) is 38.3 Å². The number of amides is 1. The number of nitrogens with zero attached hydrogens (tertiary/aromatic N) is 2. The molecule has 0 aliphatic rings. The summed E-state index contributed by atoms with van der Waals surface area (Å²) in [4.78, 5) is 34.4. The first-order valence-electron chi connectivity index (χ1n) is 10.6. The summed E-state index contributed by atoms with van der Waals surface area (Å²) in [7, 11) is -3.14. The summed E-state index contributed by atoms with van der Waals surface area (Å²) in [5.41, 5.74) is 0.217. The second kappa shape index (κ2) is 11.7. The summed E-state index contributed by atoms with van der Waals surface area (Å²) in [6.45, 7) is 1.35. The molecule has 11 nitrogen and oxygen atoms in total. The number of anilines is 1. The third kappa shape index (κ3) is 6.41. The molecule has 1 N–H and O–H groups in total. The van der Waals surface area contributed by atoms with Gasteiger partial charge in [0.25, 0.3) is 11.6 Å². The van der Waals surface area contributed by atoms with Gasteiger partial charge in [0, 0.05) is 17.7 Å². The Morgan fingerprint density at radius 3 is 2.37 bits per heavy atom. The van der Waals surface area contributed by atoms with E-state index in [4.69, 9.17) is 8.92 Å². The van der Waals surface area contributed by atoms with Crippen molar-refractivity contribution < 1.29 is 31.9 Å². The van der Waals surface area contributed by atoms with E-state index in [1.807, 2.05) is 0 Å². The second-order valence-corrected chi connectivity index (χ2v) is 9.95. The number of rotatable bonds is 9. The summed E-state index contributed by atoms with van der Waals surface area (Å²) in [5, 5.41) is 22.9. The number of nitrogens with one attached hydrogen (secondary N) is 1. The highest BCUT2D eigenvalue weighted by molar-refractivity contribution is 9.10. The fourth-order valence-electron chi connectivity index (χ4n) is 3.20. The molecule has 0 aliphatic carbocycles. The number of Topliss-reactive ketones (excluding diaryl/α,β-unsaturated/α-hetero) is 1. The van der Waals surface area contributed by atoms with Gasteiger partial charge in [0.15, 0.2) is 17.3 Å². The van der Waals surface area contributed by atoms with Gasteiger partial charge >= 0.3 is 10.1 Å². The number of nitro groups is 1. The van der Waals surface area contributed by atoms with Gasteiger partial charge in [0.1, 0.15) is 16.5 Å². The van der Waals surface area contributed by atoms with Crippen molar-refractivity contribution in [1.82, 2.24) is 0 Å². The van der Waals surface area contributed by atoms with Crippen molar-refractivity contribution in [3.05, 3.63) is 92.0 Å². The number of ketones is 1. The smallest absolute Gasteiger partial charge is 0.339 e. The van der Waals surface area contributed by atoms with Crippen molar-refractivity contribution in [2.75, 3.05) is 12.4 Å². The number of benzene rings is 3. The van der Waals surface area contributed by atoms with E-state index in [0.29, 0.717) is 5.56 Å². The molecule has 0 unspecified atom stereocenters. The molecule has 3 rings (SSSR count). The number of carbonyl (C=O) groups excluding carboxylic acids is 2. The maximum atomic E-state index is 12.8. The summed E-state index contributed by atoms with van der Waals surface area (Å²) in [6, 6.07) is 15.0. The monoisotopic (exact) mass is 599 g/mol. The van der Waals surface area contributed by atoms with Crippen LogP contribution in [0.4, 0.5) is 11.4 Å². The lowest BCUT2D eigenvalue weighted by Crippen LogP contribution is -2.15. The minimum absolute atomic E-state index is 0.0456. The molecule has 0 saturated heterocycles. The molecule has 0 fully saturated rings. The minimum Gasteiger partial charge on any atom is -0.493 e. The maximum Gasteiger partial charge on any atom is 0.339 e. The van der Waals surface area contributed by atoms with Gasteiger partial charge in [0.2, 0.25) is 0 Å². The first-order valence-corrected chi connectivity index (χ1v) is 12.8. The zero-order valence-electron chi connectivity index (χ0n) is 19.8. The molecule has 3 aromatic carbocycles. The Morgan fingerprint density at radius 1 is 1.13 bits per heavy atom. The van der Waals surface area contributed by atoms with E-state index in [2.05, 4.69) is 21.2 Å². The number of hydrogen-bond donors (Lipinski definition) is 1. The Morgan fingerprint density at radius 2 is 1.79 bits per heavy atom. The van der Waals surface area contributed by atoms with E-state index >= 15 is 0 Å². The van der Waals surface area contributed by atoms with Crippen LogP contribution in [0.2, 0.25) is 0 Å². The number of para-hydroxylation sites is 1. The van der Waals surface area contributed by atoms with Gasteiger partial charge in [-0.2, -0.15) is 13.7 Å². The summed E-state index contributed by atoms with van der Waals surface area (Å²) in [6.07, 6.45) is 1.24. The van der Waals surface area contributed by atoms with Crippen LogP contribution in [0.15, 0.2) is 75.6 Å². The summed E-state index contributed by atoms with van der Waals surface area (Å²) >= 11 is 3.21. The highest BCUT2D eigenvalue weighted by atomic mass is 79.9. The third-order valence-corrected chi connectivity index (χ3v) is 6.84. The standard InChI is InChI=1S/C25H18BrN3O8S/c1-15(30)20-5-3-4-6-22(20)28-25(31)17(14-27)11-16-12-21(26)24(23(13-16)36-2)37-38(34,35)19-9-7-18(8-10-19)29(32)33/h3-13H,1-2H3,(H,28,31)/b17-11-. The first-order chi connectivity index (χ1) is 18.0. The van der Waals surface area contributed by atoms with Crippen LogP contribution in [0.3, 0.4) is 0 Å². The highest BCUT2D eigenvalue weighted by Gasteiger charge is 2.23.